The van der Waals surface area contributed by atoms with Gasteiger partial charge < -0.3 is 14.2 Å². The second kappa shape index (κ2) is 13.2. The standard InChI is InChI=1S/C31H26ClNO5S2/c1-36-27-19-21(9-14-26(27)38-17-18-39-28-8-4-6-22-5-2-3-7-25(22)28)20-29-30(34)33(31(35)40-29)15-16-37-24-12-10-23(32)11-13-24/h2-14,19-20H,15-18H2,1H3/b29-20-. The number of carbonyl (C=O) groups excluding carboxylic acids is 2. The SMILES string of the molecule is COc1cc(/C=C2\SC(=O)N(CCOc3ccc(Cl)cc3)C2=O)ccc1OCCSc1cccc2ccccc12. The first-order valence-electron chi connectivity index (χ1n) is 12.6. The van der Waals surface area contributed by atoms with E-state index in [-0.39, 0.29) is 24.3 Å². The molecule has 0 unspecified atom stereocenters. The molecular formula is C31H26ClNO5S2. The number of benzene rings is 4. The van der Waals surface area contributed by atoms with Crippen molar-refractivity contribution in [1.29, 1.82) is 0 Å². The number of halogens is 1. The summed E-state index contributed by atoms with van der Waals surface area (Å²) in [6, 6.07) is 27.0. The molecule has 1 saturated heterocycles. The summed E-state index contributed by atoms with van der Waals surface area (Å²) in [5.74, 6) is 2.21. The molecule has 204 valence electrons. The molecule has 40 heavy (non-hydrogen) atoms. The van der Waals surface area contributed by atoms with E-state index in [2.05, 4.69) is 30.3 Å². The highest BCUT2D eigenvalue weighted by Crippen LogP contribution is 2.35. The molecule has 0 saturated carbocycles. The zero-order valence-corrected chi connectivity index (χ0v) is 24.1. The van der Waals surface area contributed by atoms with E-state index in [1.807, 2.05) is 24.3 Å². The molecule has 0 radical (unpaired) electrons. The Bertz CT molecular complexity index is 1550. The maximum absolute atomic E-state index is 12.9. The van der Waals surface area contributed by atoms with Crippen molar-refractivity contribution in [2.45, 2.75) is 4.90 Å². The van der Waals surface area contributed by atoms with Crippen molar-refractivity contribution < 1.29 is 23.8 Å². The van der Waals surface area contributed by atoms with Crippen LogP contribution in [-0.2, 0) is 4.79 Å². The lowest BCUT2D eigenvalue weighted by atomic mass is 10.1. The van der Waals surface area contributed by atoms with Gasteiger partial charge in [-0.05, 0) is 76.6 Å². The van der Waals surface area contributed by atoms with E-state index in [1.165, 1.54) is 20.6 Å². The van der Waals surface area contributed by atoms with Gasteiger partial charge in [-0.15, -0.1) is 11.8 Å². The van der Waals surface area contributed by atoms with Crippen LogP contribution in [0.25, 0.3) is 16.8 Å². The molecule has 0 spiro atoms. The summed E-state index contributed by atoms with van der Waals surface area (Å²) in [5, 5.41) is 2.73. The second-order valence-corrected chi connectivity index (χ2v) is 11.3. The van der Waals surface area contributed by atoms with Crippen molar-refractivity contribution in [2.24, 2.45) is 0 Å². The van der Waals surface area contributed by atoms with Crippen molar-refractivity contribution in [3.05, 3.63) is 100 Å². The number of imide groups is 1. The van der Waals surface area contributed by atoms with Crippen LogP contribution in [0.15, 0.2) is 94.7 Å². The zero-order chi connectivity index (χ0) is 27.9. The fraction of sp³-hybridized carbons (Fsp3) is 0.161. The second-order valence-electron chi connectivity index (χ2n) is 8.72. The third-order valence-corrected chi connectivity index (χ3v) is 8.30. The van der Waals surface area contributed by atoms with Crippen LogP contribution in [0.5, 0.6) is 17.2 Å². The van der Waals surface area contributed by atoms with E-state index in [0.29, 0.717) is 33.8 Å². The summed E-state index contributed by atoms with van der Waals surface area (Å²) in [7, 11) is 1.57. The summed E-state index contributed by atoms with van der Waals surface area (Å²) in [4.78, 5) is 28.1. The van der Waals surface area contributed by atoms with E-state index in [4.69, 9.17) is 25.8 Å². The lowest BCUT2D eigenvalue weighted by Crippen LogP contribution is -2.32. The zero-order valence-electron chi connectivity index (χ0n) is 21.7. The molecule has 1 aliphatic rings. The number of hydrogen-bond donors (Lipinski definition) is 0. The van der Waals surface area contributed by atoms with Crippen LogP contribution >= 0.6 is 35.1 Å². The van der Waals surface area contributed by atoms with Crippen LogP contribution in [0.2, 0.25) is 5.02 Å². The van der Waals surface area contributed by atoms with Crippen LogP contribution in [0.1, 0.15) is 5.56 Å². The Labute approximate surface area is 246 Å². The van der Waals surface area contributed by atoms with Crippen molar-refractivity contribution >= 4 is 63.1 Å². The minimum absolute atomic E-state index is 0.150. The van der Waals surface area contributed by atoms with Gasteiger partial charge in [-0.2, -0.15) is 0 Å². The summed E-state index contributed by atoms with van der Waals surface area (Å²) < 4.78 is 17.2. The molecule has 1 fully saturated rings. The lowest BCUT2D eigenvalue weighted by Gasteiger charge is -2.13. The lowest BCUT2D eigenvalue weighted by molar-refractivity contribution is -0.123. The molecule has 6 nitrogen and oxygen atoms in total. The Kier molecular flexibility index (Phi) is 9.21. The Morgan fingerprint density at radius 3 is 2.52 bits per heavy atom. The van der Waals surface area contributed by atoms with Crippen LogP contribution in [0.3, 0.4) is 0 Å². The van der Waals surface area contributed by atoms with E-state index in [1.54, 1.807) is 55.3 Å². The maximum Gasteiger partial charge on any atom is 0.293 e. The summed E-state index contributed by atoms with van der Waals surface area (Å²) in [6.07, 6.45) is 1.69. The number of fused-ring (bicyclic) bond motifs is 1. The quantitative estimate of drug-likeness (QED) is 0.100. The van der Waals surface area contributed by atoms with E-state index >= 15 is 0 Å². The molecular weight excluding hydrogens is 566 g/mol. The van der Waals surface area contributed by atoms with E-state index in [9.17, 15) is 9.59 Å². The van der Waals surface area contributed by atoms with Gasteiger partial charge in [0, 0.05) is 15.7 Å². The number of rotatable bonds is 11. The molecule has 2 amide bonds. The topological polar surface area (TPSA) is 65.1 Å². The van der Waals surface area contributed by atoms with Gasteiger partial charge in [-0.3, -0.25) is 14.5 Å². The number of ether oxygens (including phenoxy) is 3. The highest BCUT2D eigenvalue weighted by Gasteiger charge is 2.34. The van der Waals surface area contributed by atoms with Crippen molar-refractivity contribution in [2.75, 3.05) is 32.6 Å². The predicted molar refractivity (Wildman–Crippen MR) is 163 cm³/mol. The van der Waals surface area contributed by atoms with Gasteiger partial charge >= 0.3 is 0 Å². The van der Waals surface area contributed by atoms with E-state index < -0.39 is 0 Å². The Hall–Kier alpha value is -3.59. The third kappa shape index (κ3) is 6.75. The molecule has 4 aromatic rings. The average molecular weight is 592 g/mol. The predicted octanol–water partition coefficient (Wildman–Crippen LogP) is 7.79. The number of nitrogens with zero attached hydrogens (tertiary/aromatic N) is 1. The van der Waals surface area contributed by atoms with Gasteiger partial charge in [-0.1, -0.05) is 54.1 Å². The number of thioether (sulfide) groups is 2. The molecule has 1 heterocycles. The van der Waals surface area contributed by atoms with Gasteiger partial charge in [0.25, 0.3) is 11.1 Å². The first-order valence-corrected chi connectivity index (χ1v) is 14.7. The van der Waals surface area contributed by atoms with Crippen molar-refractivity contribution in [1.82, 2.24) is 4.90 Å². The average Bonchev–Trinajstić information content (AvgIpc) is 3.24. The molecule has 0 atom stereocenters. The summed E-state index contributed by atoms with van der Waals surface area (Å²) in [5.41, 5.74) is 0.734. The maximum atomic E-state index is 12.9. The smallest absolute Gasteiger partial charge is 0.293 e. The molecule has 5 rings (SSSR count). The van der Waals surface area contributed by atoms with Gasteiger partial charge in [-0.25, -0.2) is 0 Å². The van der Waals surface area contributed by atoms with Crippen LogP contribution in [0, 0.1) is 0 Å². The fourth-order valence-electron chi connectivity index (χ4n) is 4.15. The number of amides is 2. The van der Waals surface area contributed by atoms with Gasteiger partial charge in [0.1, 0.15) is 12.4 Å². The third-order valence-electron chi connectivity index (χ3n) is 6.10. The van der Waals surface area contributed by atoms with Crippen molar-refractivity contribution in [3.8, 4) is 17.2 Å². The largest absolute Gasteiger partial charge is 0.493 e. The van der Waals surface area contributed by atoms with Gasteiger partial charge in [0.2, 0.25) is 0 Å². The van der Waals surface area contributed by atoms with Crippen LogP contribution < -0.4 is 14.2 Å². The number of hydrogen-bond acceptors (Lipinski definition) is 7. The van der Waals surface area contributed by atoms with Crippen LogP contribution in [0.4, 0.5) is 4.79 Å². The molecule has 4 aromatic carbocycles. The molecule has 0 aromatic heterocycles. The fourth-order valence-corrected chi connectivity index (χ4v) is 6.04. The monoisotopic (exact) mass is 591 g/mol. The highest BCUT2D eigenvalue weighted by molar-refractivity contribution is 8.18. The minimum Gasteiger partial charge on any atom is -0.493 e. The van der Waals surface area contributed by atoms with Gasteiger partial charge in [0.15, 0.2) is 11.5 Å². The summed E-state index contributed by atoms with van der Waals surface area (Å²) in [6.45, 7) is 0.837. The molecule has 0 bridgehead atoms. The van der Waals surface area contributed by atoms with Crippen LogP contribution in [-0.4, -0.2) is 48.7 Å². The highest BCUT2D eigenvalue weighted by atomic mass is 35.5. The molecule has 1 aliphatic heterocycles. The number of methoxy groups -OCH3 is 1. The minimum atomic E-state index is -0.348. The molecule has 9 heteroatoms. The van der Waals surface area contributed by atoms with Gasteiger partial charge in [0.05, 0.1) is 25.2 Å². The normalized spacial score (nSPS) is 14.2. The Morgan fingerprint density at radius 2 is 1.70 bits per heavy atom. The first kappa shape index (κ1) is 28.0. The Balaban J connectivity index is 1.16. The molecule has 0 aliphatic carbocycles. The molecule has 0 N–H and O–H groups in total. The number of carbonyl (C=O) groups is 2. The Morgan fingerprint density at radius 1 is 0.900 bits per heavy atom. The van der Waals surface area contributed by atoms with Crippen molar-refractivity contribution in [3.63, 3.8) is 0 Å². The first-order chi connectivity index (χ1) is 19.5. The van der Waals surface area contributed by atoms with E-state index in [0.717, 1.165) is 23.1 Å². The summed E-state index contributed by atoms with van der Waals surface area (Å²) >= 11 is 8.54.